The quantitative estimate of drug-likeness (QED) is 0.447. The van der Waals surface area contributed by atoms with E-state index in [1.807, 2.05) is 36.4 Å². The highest BCUT2D eigenvalue weighted by molar-refractivity contribution is 7.91. The third kappa shape index (κ3) is 4.10. The molecular formula is C25H18FNO2S. The van der Waals surface area contributed by atoms with Gasteiger partial charge in [-0.1, -0.05) is 54.3 Å². The zero-order valence-electron chi connectivity index (χ0n) is 16.3. The Morgan fingerprint density at radius 1 is 1.03 bits per heavy atom. The highest BCUT2D eigenvalue weighted by atomic mass is 32.2. The van der Waals surface area contributed by atoms with Crippen LogP contribution in [-0.2, 0) is 17.4 Å². The number of carbonyl (C=O) groups excluding carboxylic acids is 1. The Balaban J connectivity index is 1.66. The second-order valence-electron chi connectivity index (χ2n) is 6.83. The van der Waals surface area contributed by atoms with Gasteiger partial charge in [0.15, 0.2) is 11.0 Å². The standard InChI is InChI=1S/C25H18FNO2S/c1-27-23-15-12-19(9-5-8-18-6-3-2-4-7-18)16-22(23)25(28)24(30(27)29)17-20-10-13-21(26)14-11-20/h2-4,6-7,10-17H,8H2,1H3/b24-17+. The smallest absolute Gasteiger partial charge is 0.205 e. The molecule has 1 atom stereocenters. The second kappa shape index (κ2) is 8.48. The highest BCUT2D eigenvalue weighted by Crippen LogP contribution is 2.33. The van der Waals surface area contributed by atoms with Crippen molar-refractivity contribution in [2.45, 2.75) is 6.42 Å². The van der Waals surface area contributed by atoms with Crippen LogP contribution < -0.4 is 4.31 Å². The Kier molecular flexibility index (Phi) is 5.60. The lowest BCUT2D eigenvalue weighted by molar-refractivity contribution is 0.104. The monoisotopic (exact) mass is 415 g/mol. The van der Waals surface area contributed by atoms with Gasteiger partial charge in [0.2, 0.25) is 5.78 Å². The van der Waals surface area contributed by atoms with Gasteiger partial charge in [0.05, 0.1) is 5.69 Å². The van der Waals surface area contributed by atoms with Gasteiger partial charge in [0.1, 0.15) is 10.7 Å². The van der Waals surface area contributed by atoms with E-state index < -0.39 is 11.0 Å². The van der Waals surface area contributed by atoms with Gasteiger partial charge in [-0.3, -0.25) is 9.10 Å². The zero-order valence-corrected chi connectivity index (χ0v) is 17.1. The van der Waals surface area contributed by atoms with E-state index in [4.69, 9.17) is 0 Å². The van der Waals surface area contributed by atoms with Crippen LogP contribution in [-0.4, -0.2) is 17.0 Å². The molecule has 0 saturated carbocycles. The Labute approximate surface area is 177 Å². The Bertz CT molecular complexity index is 1220. The minimum Gasteiger partial charge on any atom is -0.290 e. The summed E-state index contributed by atoms with van der Waals surface area (Å²) >= 11 is 0. The third-order valence-electron chi connectivity index (χ3n) is 4.78. The Morgan fingerprint density at radius 3 is 2.50 bits per heavy atom. The summed E-state index contributed by atoms with van der Waals surface area (Å²) < 4.78 is 27.6. The number of nitrogens with zero attached hydrogens (tertiary/aromatic N) is 1. The largest absolute Gasteiger partial charge is 0.290 e. The number of carbonyl (C=O) groups is 1. The molecule has 1 aliphatic heterocycles. The molecule has 4 rings (SSSR count). The summed E-state index contributed by atoms with van der Waals surface area (Å²) in [4.78, 5) is 13.2. The summed E-state index contributed by atoms with van der Waals surface area (Å²) in [6.45, 7) is 0. The van der Waals surface area contributed by atoms with Crippen molar-refractivity contribution in [3.8, 4) is 11.8 Å². The van der Waals surface area contributed by atoms with Gasteiger partial charge >= 0.3 is 0 Å². The molecule has 5 heteroatoms. The molecule has 30 heavy (non-hydrogen) atoms. The fraction of sp³-hybridized carbons (Fsp3) is 0.0800. The summed E-state index contributed by atoms with van der Waals surface area (Å²) in [5, 5.41) is 0. The average molecular weight is 415 g/mol. The summed E-state index contributed by atoms with van der Waals surface area (Å²) in [5.41, 5.74) is 3.52. The first-order chi connectivity index (χ1) is 14.5. The molecule has 0 amide bonds. The van der Waals surface area contributed by atoms with E-state index in [-0.39, 0.29) is 16.5 Å². The van der Waals surface area contributed by atoms with E-state index in [0.717, 1.165) is 11.1 Å². The van der Waals surface area contributed by atoms with Crippen molar-refractivity contribution in [3.05, 3.63) is 106 Å². The molecule has 0 aromatic heterocycles. The molecular weight excluding hydrogens is 397 g/mol. The number of fused-ring (bicyclic) bond motifs is 1. The summed E-state index contributed by atoms with van der Waals surface area (Å²) in [5.74, 6) is 5.56. The Morgan fingerprint density at radius 2 is 1.77 bits per heavy atom. The van der Waals surface area contributed by atoms with Crippen molar-refractivity contribution in [2.75, 3.05) is 11.4 Å². The number of benzene rings is 3. The minimum absolute atomic E-state index is 0.158. The van der Waals surface area contributed by atoms with Crippen molar-refractivity contribution >= 4 is 28.5 Å². The summed E-state index contributed by atoms with van der Waals surface area (Å²) in [6, 6.07) is 21.0. The van der Waals surface area contributed by atoms with E-state index in [0.29, 0.717) is 23.2 Å². The predicted molar refractivity (Wildman–Crippen MR) is 119 cm³/mol. The summed E-state index contributed by atoms with van der Waals surface area (Å²) in [7, 11) is 0.0394. The molecule has 1 heterocycles. The van der Waals surface area contributed by atoms with Gasteiger partial charge in [-0.25, -0.2) is 8.60 Å². The van der Waals surface area contributed by atoms with Crippen LogP contribution in [0.25, 0.3) is 6.08 Å². The van der Waals surface area contributed by atoms with Crippen LogP contribution in [0, 0.1) is 17.7 Å². The van der Waals surface area contributed by atoms with E-state index in [2.05, 4.69) is 11.8 Å². The van der Waals surface area contributed by atoms with Gasteiger partial charge in [-0.05, 0) is 47.5 Å². The number of ketones is 1. The fourth-order valence-corrected chi connectivity index (χ4v) is 4.33. The molecule has 0 aliphatic carbocycles. The lowest BCUT2D eigenvalue weighted by Gasteiger charge is -2.27. The van der Waals surface area contributed by atoms with E-state index in [1.54, 1.807) is 41.7 Å². The molecule has 3 nitrogen and oxygen atoms in total. The maximum absolute atomic E-state index is 13.2. The number of anilines is 1. The van der Waals surface area contributed by atoms with Crippen LogP contribution in [0.15, 0.2) is 77.7 Å². The fourth-order valence-electron chi connectivity index (χ4n) is 3.19. The highest BCUT2D eigenvalue weighted by Gasteiger charge is 2.31. The number of halogens is 1. The number of hydrogen-bond acceptors (Lipinski definition) is 2. The first kappa shape index (κ1) is 19.8. The van der Waals surface area contributed by atoms with Crippen LogP contribution in [0.1, 0.15) is 27.0 Å². The minimum atomic E-state index is -1.64. The molecule has 0 N–H and O–H groups in total. The summed E-state index contributed by atoms with van der Waals surface area (Å²) in [6.07, 6.45) is 2.16. The third-order valence-corrected chi connectivity index (χ3v) is 6.15. The van der Waals surface area contributed by atoms with Gasteiger partial charge in [0.25, 0.3) is 0 Å². The molecule has 0 fully saturated rings. The number of Topliss-reactive ketones (excluding diaryl/α,β-unsaturated/α-hetero) is 1. The maximum atomic E-state index is 13.2. The van der Waals surface area contributed by atoms with Crippen molar-refractivity contribution in [1.82, 2.24) is 0 Å². The van der Waals surface area contributed by atoms with E-state index in [1.165, 1.54) is 12.1 Å². The molecule has 148 valence electrons. The van der Waals surface area contributed by atoms with Crippen molar-refractivity contribution in [1.29, 1.82) is 0 Å². The van der Waals surface area contributed by atoms with Crippen LogP contribution in [0.4, 0.5) is 10.1 Å². The van der Waals surface area contributed by atoms with E-state index >= 15 is 0 Å². The lowest BCUT2D eigenvalue weighted by Crippen LogP contribution is -2.31. The SMILES string of the molecule is CN1c2ccc(C#CCc3ccccc3)cc2C(=O)/C(=C\c2ccc(F)cc2)S1=O. The predicted octanol–water partition coefficient (Wildman–Crippen LogP) is 4.76. The topological polar surface area (TPSA) is 37.4 Å². The van der Waals surface area contributed by atoms with Gasteiger partial charge in [-0.2, -0.15) is 0 Å². The van der Waals surface area contributed by atoms with Crippen LogP contribution in [0.2, 0.25) is 0 Å². The van der Waals surface area contributed by atoms with E-state index in [9.17, 15) is 13.4 Å². The second-order valence-corrected chi connectivity index (χ2v) is 8.32. The first-order valence-corrected chi connectivity index (χ1v) is 10.5. The number of allylic oxidation sites excluding steroid dienone is 1. The molecule has 3 aromatic rings. The van der Waals surface area contributed by atoms with Crippen molar-refractivity contribution < 1.29 is 13.4 Å². The van der Waals surface area contributed by atoms with Crippen molar-refractivity contribution in [3.63, 3.8) is 0 Å². The first-order valence-electron chi connectivity index (χ1n) is 9.37. The molecule has 0 radical (unpaired) electrons. The van der Waals surface area contributed by atoms with Gasteiger partial charge in [0, 0.05) is 24.6 Å². The normalized spacial score (nSPS) is 16.7. The maximum Gasteiger partial charge on any atom is 0.205 e. The molecule has 0 spiro atoms. The van der Waals surface area contributed by atoms with Crippen LogP contribution in [0.5, 0.6) is 0 Å². The molecule has 3 aromatic carbocycles. The Hall–Kier alpha value is -3.49. The van der Waals surface area contributed by atoms with Crippen LogP contribution in [0.3, 0.4) is 0 Å². The zero-order chi connectivity index (χ0) is 21.1. The average Bonchev–Trinajstić information content (AvgIpc) is 2.77. The molecule has 0 bridgehead atoms. The molecule has 1 unspecified atom stereocenters. The molecule has 0 saturated heterocycles. The lowest BCUT2D eigenvalue weighted by atomic mass is 10.0. The number of rotatable bonds is 2. The molecule has 1 aliphatic rings. The van der Waals surface area contributed by atoms with Gasteiger partial charge < -0.3 is 0 Å². The van der Waals surface area contributed by atoms with Crippen LogP contribution >= 0.6 is 0 Å². The van der Waals surface area contributed by atoms with Crippen molar-refractivity contribution in [2.24, 2.45) is 0 Å². The van der Waals surface area contributed by atoms with Gasteiger partial charge in [-0.15, -0.1) is 0 Å². The number of hydrogen-bond donors (Lipinski definition) is 0.